The monoisotopic (exact) mass is 280 g/mol. The lowest BCUT2D eigenvalue weighted by molar-refractivity contribution is -0.387. The first-order valence-electron chi connectivity index (χ1n) is 3.60. The lowest BCUT2D eigenvalue weighted by Gasteiger charge is -2.01. The molecule has 0 fully saturated rings. The van der Waals surface area contributed by atoms with Crippen molar-refractivity contribution in [1.82, 2.24) is 0 Å². The van der Waals surface area contributed by atoms with Crippen LogP contribution in [0.1, 0.15) is 5.56 Å². The van der Waals surface area contributed by atoms with E-state index in [1.807, 2.05) is 0 Å². The SMILES string of the molecule is N#Cc1cc(Cl)cc([N+](=O)[O-])c1S(=O)(=O)Cl. The number of hydrogen-bond acceptors (Lipinski definition) is 5. The van der Waals surface area contributed by atoms with Crippen molar-refractivity contribution in [3.8, 4) is 6.07 Å². The van der Waals surface area contributed by atoms with Gasteiger partial charge in [-0.25, -0.2) is 8.42 Å². The minimum Gasteiger partial charge on any atom is -0.258 e. The van der Waals surface area contributed by atoms with Crippen molar-refractivity contribution in [3.63, 3.8) is 0 Å². The number of nitrogens with zero attached hydrogens (tertiary/aromatic N) is 2. The van der Waals surface area contributed by atoms with Gasteiger partial charge in [-0.1, -0.05) is 11.6 Å². The maximum Gasteiger partial charge on any atom is 0.292 e. The summed E-state index contributed by atoms with van der Waals surface area (Å²) in [7, 11) is 0.629. The summed E-state index contributed by atoms with van der Waals surface area (Å²) in [6.07, 6.45) is 0. The average Bonchev–Trinajstić information content (AvgIpc) is 2.14. The van der Waals surface area contributed by atoms with E-state index in [9.17, 15) is 18.5 Å². The number of nitro groups is 1. The number of benzene rings is 1. The molecule has 0 unspecified atom stereocenters. The maximum absolute atomic E-state index is 11.1. The van der Waals surface area contributed by atoms with Crippen molar-refractivity contribution in [2.24, 2.45) is 0 Å². The van der Waals surface area contributed by atoms with Gasteiger partial charge in [-0.15, -0.1) is 0 Å². The number of hydrogen-bond donors (Lipinski definition) is 0. The summed E-state index contributed by atoms with van der Waals surface area (Å²) in [6, 6.07) is 3.29. The fourth-order valence-corrected chi connectivity index (χ4v) is 2.50. The lowest BCUT2D eigenvalue weighted by Crippen LogP contribution is -2.02. The molecule has 0 aliphatic rings. The second kappa shape index (κ2) is 4.25. The Bertz CT molecular complexity index is 606. The molecule has 0 spiro atoms. The van der Waals surface area contributed by atoms with Crippen molar-refractivity contribution in [3.05, 3.63) is 32.8 Å². The zero-order valence-corrected chi connectivity index (χ0v) is 9.67. The predicted molar refractivity (Wildman–Crippen MR) is 55.9 cm³/mol. The Hall–Kier alpha value is -1.36. The fourth-order valence-electron chi connectivity index (χ4n) is 1.05. The first-order valence-corrected chi connectivity index (χ1v) is 6.29. The van der Waals surface area contributed by atoms with E-state index in [-0.39, 0.29) is 5.02 Å². The summed E-state index contributed by atoms with van der Waals surface area (Å²) in [5.74, 6) is 0. The zero-order valence-electron chi connectivity index (χ0n) is 7.35. The van der Waals surface area contributed by atoms with Crippen LogP contribution >= 0.6 is 22.3 Å². The summed E-state index contributed by atoms with van der Waals surface area (Å²) in [6.45, 7) is 0. The fraction of sp³-hybridized carbons (Fsp3) is 0. The third kappa shape index (κ3) is 2.41. The average molecular weight is 281 g/mol. The molecule has 1 rings (SSSR count). The standard InChI is InChI=1S/C7H2Cl2N2O4S/c8-5-1-4(3-10)7(16(9,14)15)6(2-5)11(12)13/h1-2H. The second-order valence-corrected chi connectivity index (χ2v) is 5.55. The molecular formula is C7H2Cl2N2O4S. The highest BCUT2D eigenvalue weighted by Crippen LogP contribution is 2.32. The Morgan fingerprint density at radius 1 is 1.44 bits per heavy atom. The predicted octanol–water partition coefficient (Wildman–Crippen LogP) is 2.05. The smallest absolute Gasteiger partial charge is 0.258 e. The van der Waals surface area contributed by atoms with Crippen molar-refractivity contribution in [2.75, 3.05) is 0 Å². The highest BCUT2D eigenvalue weighted by atomic mass is 35.7. The second-order valence-electron chi connectivity index (χ2n) is 2.61. The van der Waals surface area contributed by atoms with Crippen LogP contribution in [-0.4, -0.2) is 13.3 Å². The summed E-state index contributed by atoms with van der Waals surface area (Å²) in [4.78, 5) is 8.79. The minimum atomic E-state index is -4.39. The number of nitriles is 1. The van der Waals surface area contributed by atoms with Crippen LogP contribution in [0.5, 0.6) is 0 Å². The molecule has 0 N–H and O–H groups in total. The minimum absolute atomic E-state index is 0.118. The van der Waals surface area contributed by atoms with Crippen molar-refractivity contribution in [2.45, 2.75) is 4.90 Å². The van der Waals surface area contributed by atoms with E-state index in [0.717, 1.165) is 12.1 Å². The van der Waals surface area contributed by atoms with Crippen LogP contribution in [0.3, 0.4) is 0 Å². The molecule has 0 saturated carbocycles. The molecule has 0 aliphatic carbocycles. The van der Waals surface area contributed by atoms with Gasteiger partial charge in [0.2, 0.25) is 0 Å². The molecule has 0 aliphatic heterocycles. The van der Waals surface area contributed by atoms with Gasteiger partial charge in [-0.2, -0.15) is 5.26 Å². The van der Waals surface area contributed by atoms with E-state index >= 15 is 0 Å². The van der Waals surface area contributed by atoms with Crippen LogP contribution in [0.4, 0.5) is 5.69 Å². The van der Waals surface area contributed by atoms with Gasteiger partial charge in [0.25, 0.3) is 14.7 Å². The number of rotatable bonds is 2. The molecule has 9 heteroatoms. The molecule has 16 heavy (non-hydrogen) atoms. The van der Waals surface area contributed by atoms with Gasteiger partial charge >= 0.3 is 0 Å². The molecule has 6 nitrogen and oxygen atoms in total. The molecule has 84 valence electrons. The van der Waals surface area contributed by atoms with Crippen molar-refractivity contribution >= 4 is 37.0 Å². The Morgan fingerprint density at radius 3 is 2.38 bits per heavy atom. The molecule has 0 radical (unpaired) electrons. The molecule has 0 bridgehead atoms. The molecule has 0 amide bonds. The van der Waals surface area contributed by atoms with Crippen LogP contribution in [0.2, 0.25) is 5.02 Å². The summed E-state index contributed by atoms with van der Waals surface area (Å²) < 4.78 is 22.2. The summed E-state index contributed by atoms with van der Waals surface area (Å²) in [5, 5.41) is 19.1. The van der Waals surface area contributed by atoms with E-state index in [1.54, 1.807) is 0 Å². The summed E-state index contributed by atoms with van der Waals surface area (Å²) in [5.41, 5.74) is -1.28. The third-order valence-electron chi connectivity index (χ3n) is 1.60. The maximum atomic E-state index is 11.1. The summed E-state index contributed by atoms with van der Waals surface area (Å²) >= 11 is 5.50. The van der Waals surface area contributed by atoms with Gasteiger partial charge in [0.05, 0.1) is 10.5 Å². The quantitative estimate of drug-likeness (QED) is 0.469. The van der Waals surface area contributed by atoms with Crippen LogP contribution in [-0.2, 0) is 9.05 Å². The van der Waals surface area contributed by atoms with Gasteiger partial charge in [0.15, 0.2) is 4.90 Å². The van der Waals surface area contributed by atoms with Gasteiger partial charge in [0, 0.05) is 21.8 Å². The Morgan fingerprint density at radius 2 is 2.00 bits per heavy atom. The first kappa shape index (κ1) is 12.7. The highest BCUT2D eigenvalue weighted by Gasteiger charge is 2.28. The zero-order chi connectivity index (χ0) is 12.5. The van der Waals surface area contributed by atoms with Crippen molar-refractivity contribution in [1.29, 1.82) is 5.26 Å². The van der Waals surface area contributed by atoms with Gasteiger partial charge in [-0.3, -0.25) is 10.1 Å². The van der Waals surface area contributed by atoms with Gasteiger partial charge < -0.3 is 0 Å². The molecule has 0 atom stereocenters. The van der Waals surface area contributed by atoms with E-state index in [0.29, 0.717) is 0 Å². The normalized spacial score (nSPS) is 10.8. The van der Waals surface area contributed by atoms with Crippen LogP contribution in [0.25, 0.3) is 0 Å². The topological polar surface area (TPSA) is 101 Å². The van der Waals surface area contributed by atoms with E-state index in [1.165, 1.54) is 6.07 Å². The van der Waals surface area contributed by atoms with E-state index in [4.69, 9.17) is 27.5 Å². The molecule has 1 aromatic carbocycles. The molecule has 0 saturated heterocycles. The van der Waals surface area contributed by atoms with Crippen LogP contribution < -0.4 is 0 Å². The number of nitro benzene ring substituents is 1. The van der Waals surface area contributed by atoms with Crippen molar-refractivity contribution < 1.29 is 13.3 Å². The number of halogens is 2. The molecule has 1 aromatic rings. The van der Waals surface area contributed by atoms with E-state index < -0.39 is 30.1 Å². The van der Waals surface area contributed by atoms with Gasteiger partial charge in [0.1, 0.15) is 6.07 Å². The van der Waals surface area contributed by atoms with E-state index in [2.05, 4.69) is 0 Å². The first-order chi connectivity index (χ1) is 7.27. The largest absolute Gasteiger partial charge is 0.292 e. The molecule has 0 heterocycles. The molecule has 0 aromatic heterocycles. The lowest BCUT2D eigenvalue weighted by atomic mass is 10.2. The Kier molecular flexibility index (Phi) is 3.38. The van der Waals surface area contributed by atoms with Gasteiger partial charge in [-0.05, 0) is 6.07 Å². The highest BCUT2D eigenvalue weighted by molar-refractivity contribution is 8.13. The Balaban J connectivity index is 3.82. The third-order valence-corrected chi connectivity index (χ3v) is 3.19. The van der Waals surface area contributed by atoms with Crippen LogP contribution in [0.15, 0.2) is 17.0 Å². The molecular weight excluding hydrogens is 279 g/mol. The Labute approximate surface area is 99.6 Å². The van der Waals surface area contributed by atoms with Crippen LogP contribution in [0, 0.1) is 21.4 Å².